The van der Waals surface area contributed by atoms with Gasteiger partial charge in [0, 0.05) is 25.1 Å². The van der Waals surface area contributed by atoms with Gasteiger partial charge in [-0.2, -0.15) is 0 Å². The van der Waals surface area contributed by atoms with Crippen molar-refractivity contribution in [3.8, 4) is 0 Å². The highest BCUT2D eigenvalue weighted by Gasteiger charge is 2.26. The smallest absolute Gasteiger partial charge is 0.228 e. The molecule has 98 valence electrons. The second-order valence-corrected chi connectivity index (χ2v) is 5.49. The summed E-state index contributed by atoms with van der Waals surface area (Å²) in [6.07, 6.45) is 2.91. The monoisotopic (exact) mass is 265 g/mol. The van der Waals surface area contributed by atoms with Crippen molar-refractivity contribution in [1.29, 1.82) is 0 Å². The molecule has 1 atom stereocenters. The number of ether oxygens (including phenoxy) is 1. The Morgan fingerprint density at radius 1 is 1.56 bits per heavy atom. The lowest BCUT2D eigenvalue weighted by molar-refractivity contribution is -0.134. The average Bonchev–Trinajstić information content (AvgIpc) is 2.92. The van der Waals surface area contributed by atoms with E-state index in [1.165, 1.54) is 10.5 Å². The van der Waals surface area contributed by atoms with Gasteiger partial charge in [-0.15, -0.1) is 11.8 Å². The Kier molecular flexibility index (Phi) is 4.66. The lowest BCUT2D eigenvalue weighted by Crippen LogP contribution is -2.32. The third-order valence-corrected chi connectivity index (χ3v) is 3.93. The van der Waals surface area contributed by atoms with Crippen LogP contribution in [0.25, 0.3) is 0 Å². The zero-order valence-electron chi connectivity index (χ0n) is 10.9. The summed E-state index contributed by atoms with van der Waals surface area (Å²) in [5.74, 6) is 0.251. The van der Waals surface area contributed by atoms with Crippen molar-refractivity contribution in [2.24, 2.45) is 5.92 Å². The highest BCUT2D eigenvalue weighted by atomic mass is 32.2. The molecular formula is C14H19NO2S. The summed E-state index contributed by atoms with van der Waals surface area (Å²) in [4.78, 5) is 15.2. The molecule has 1 aliphatic heterocycles. The molecular weight excluding hydrogens is 246 g/mol. The first-order valence-corrected chi connectivity index (χ1v) is 7.39. The first-order valence-electron chi connectivity index (χ1n) is 6.16. The Hall–Kier alpha value is -1.00. The number of thioether (sulfide) groups is 1. The van der Waals surface area contributed by atoms with Crippen molar-refractivity contribution >= 4 is 17.7 Å². The lowest BCUT2D eigenvalue weighted by atomic mass is 10.1. The summed E-state index contributed by atoms with van der Waals surface area (Å²) >= 11 is 1.72. The maximum absolute atomic E-state index is 12.1. The maximum Gasteiger partial charge on any atom is 0.228 e. The SMILES string of the molecule is CSc1cccc(CN(C)C(=O)[C@@H]2CCOC2)c1. The highest BCUT2D eigenvalue weighted by molar-refractivity contribution is 7.98. The van der Waals surface area contributed by atoms with Gasteiger partial charge in [-0.05, 0) is 30.4 Å². The van der Waals surface area contributed by atoms with Crippen LogP contribution in [-0.2, 0) is 16.1 Å². The molecule has 0 N–H and O–H groups in total. The Labute approximate surface area is 113 Å². The summed E-state index contributed by atoms with van der Waals surface area (Å²) in [6, 6.07) is 8.33. The van der Waals surface area contributed by atoms with Crippen LogP contribution in [0.4, 0.5) is 0 Å². The molecule has 0 spiro atoms. The number of hydrogen-bond acceptors (Lipinski definition) is 3. The minimum atomic E-state index is 0.0544. The zero-order valence-corrected chi connectivity index (χ0v) is 11.7. The third-order valence-electron chi connectivity index (χ3n) is 3.21. The summed E-state index contributed by atoms with van der Waals surface area (Å²) in [5.41, 5.74) is 1.18. The van der Waals surface area contributed by atoms with Gasteiger partial charge in [-0.25, -0.2) is 0 Å². The molecule has 1 fully saturated rings. The van der Waals surface area contributed by atoms with Crippen molar-refractivity contribution in [2.75, 3.05) is 26.5 Å². The molecule has 18 heavy (non-hydrogen) atoms. The minimum absolute atomic E-state index is 0.0544. The van der Waals surface area contributed by atoms with Gasteiger partial charge in [-0.1, -0.05) is 12.1 Å². The van der Waals surface area contributed by atoms with Crippen LogP contribution in [0.3, 0.4) is 0 Å². The van der Waals surface area contributed by atoms with Gasteiger partial charge >= 0.3 is 0 Å². The molecule has 3 nitrogen and oxygen atoms in total. The van der Waals surface area contributed by atoms with Crippen molar-refractivity contribution < 1.29 is 9.53 Å². The molecule has 0 unspecified atom stereocenters. The molecule has 2 rings (SSSR count). The fraction of sp³-hybridized carbons (Fsp3) is 0.500. The first-order chi connectivity index (χ1) is 8.70. The fourth-order valence-electron chi connectivity index (χ4n) is 2.16. The molecule has 0 radical (unpaired) electrons. The molecule has 0 aliphatic carbocycles. The van der Waals surface area contributed by atoms with E-state index in [1.807, 2.05) is 13.1 Å². The quantitative estimate of drug-likeness (QED) is 0.783. The molecule has 4 heteroatoms. The van der Waals surface area contributed by atoms with Crippen LogP contribution >= 0.6 is 11.8 Å². The summed E-state index contributed by atoms with van der Waals surface area (Å²) < 4.78 is 5.26. The Balaban J connectivity index is 1.97. The van der Waals surface area contributed by atoms with Gasteiger partial charge in [0.05, 0.1) is 12.5 Å². The molecule has 0 bridgehead atoms. The predicted octanol–water partition coefficient (Wildman–Crippen LogP) is 2.40. The number of carbonyl (C=O) groups is 1. The van der Waals surface area contributed by atoms with Crippen LogP contribution in [0.2, 0.25) is 0 Å². The van der Waals surface area contributed by atoms with E-state index in [1.54, 1.807) is 16.7 Å². The summed E-state index contributed by atoms with van der Waals surface area (Å²) in [5, 5.41) is 0. The van der Waals surface area contributed by atoms with E-state index >= 15 is 0 Å². The standard InChI is InChI=1S/C14H19NO2S/c1-15(14(16)12-6-7-17-10-12)9-11-4-3-5-13(8-11)18-2/h3-5,8,12H,6-7,9-10H2,1-2H3/t12-/m1/s1. The topological polar surface area (TPSA) is 29.5 Å². The van der Waals surface area contributed by atoms with E-state index in [0.717, 1.165) is 6.42 Å². The summed E-state index contributed by atoms with van der Waals surface area (Å²) in [6.45, 7) is 1.96. The molecule has 1 aromatic rings. The van der Waals surface area contributed by atoms with Crippen molar-refractivity contribution in [3.05, 3.63) is 29.8 Å². The van der Waals surface area contributed by atoms with Crippen LogP contribution in [0, 0.1) is 5.92 Å². The highest BCUT2D eigenvalue weighted by Crippen LogP contribution is 2.19. The maximum atomic E-state index is 12.1. The van der Waals surface area contributed by atoms with Crippen LogP contribution in [-0.4, -0.2) is 37.3 Å². The zero-order chi connectivity index (χ0) is 13.0. The Morgan fingerprint density at radius 2 is 2.39 bits per heavy atom. The summed E-state index contributed by atoms with van der Waals surface area (Å²) in [7, 11) is 1.87. The number of amides is 1. The van der Waals surface area contributed by atoms with Gasteiger partial charge in [0.25, 0.3) is 0 Å². The second-order valence-electron chi connectivity index (χ2n) is 4.61. The molecule has 1 heterocycles. The van der Waals surface area contributed by atoms with Crippen LogP contribution in [0.5, 0.6) is 0 Å². The predicted molar refractivity (Wildman–Crippen MR) is 73.6 cm³/mol. The normalized spacial score (nSPS) is 18.9. The number of nitrogens with zero attached hydrogens (tertiary/aromatic N) is 1. The van der Waals surface area contributed by atoms with E-state index in [9.17, 15) is 4.79 Å². The van der Waals surface area contributed by atoms with E-state index < -0.39 is 0 Å². The molecule has 0 aromatic heterocycles. The molecule has 1 aromatic carbocycles. The van der Waals surface area contributed by atoms with Crippen LogP contribution < -0.4 is 0 Å². The molecule has 1 aliphatic rings. The van der Waals surface area contributed by atoms with E-state index in [4.69, 9.17) is 4.74 Å². The van der Waals surface area contributed by atoms with E-state index in [0.29, 0.717) is 19.8 Å². The number of benzene rings is 1. The molecule has 1 amide bonds. The van der Waals surface area contributed by atoms with Gasteiger partial charge in [0.15, 0.2) is 0 Å². The van der Waals surface area contributed by atoms with Crippen molar-refractivity contribution in [2.45, 2.75) is 17.9 Å². The van der Waals surface area contributed by atoms with Gasteiger partial charge in [-0.3, -0.25) is 4.79 Å². The Morgan fingerprint density at radius 3 is 3.06 bits per heavy atom. The van der Waals surface area contributed by atoms with E-state index in [2.05, 4.69) is 24.5 Å². The van der Waals surface area contributed by atoms with Crippen molar-refractivity contribution in [1.82, 2.24) is 4.90 Å². The van der Waals surface area contributed by atoms with Gasteiger partial charge in [0.2, 0.25) is 5.91 Å². The average molecular weight is 265 g/mol. The number of carbonyl (C=O) groups excluding carboxylic acids is 1. The first kappa shape index (κ1) is 13.4. The minimum Gasteiger partial charge on any atom is -0.381 e. The van der Waals surface area contributed by atoms with Gasteiger partial charge in [0.1, 0.15) is 0 Å². The van der Waals surface area contributed by atoms with Gasteiger partial charge < -0.3 is 9.64 Å². The largest absolute Gasteiger partial charge is 0.381 e. The van der Waals surface area contributed by atoms with Crippen LogP contribution in [0.1, 0.15) is 12.0 Å². The van der Waals surface area contributed by atoms with E-state index in [-0.39, 0.29) is 11.8 Å². The molecule has 1 saturated heterocycles. The lowest BCUT2D eigenvalue weighted by Gasteiger charge is -2.20. The molecule has 0 saturated carbocycles. The third kappa shape index (κ3) is 3.27. The fourth-order valence-corrected chi connectivity index (χ4v) is 2.65. The Bertz CT molecular complexity index is 416. The number of hydrogen-bond donors (Lipinski definition) is 0. The van der Waals surface area contributed by atoms with Crippen molar-refractivity contribution in [3.63, 3.8) is 0 Å². The van der Waals surface area contributed by atoms with Crippen LogP contribution in [0.15, 0.2) is 29.2 Å². The number of rotatable bonds is 4. The second kappa shape index (κ2) is 6.25.